The molecule has 1 fully saturated rings. The molecule has 3 nitrogen and oxygen atoms in total. The van der Waals surface area contributed by atoms with E-state index in [1.807, 2.05) is 0 Å². The van der Waals surface area contributed by atoms with Crippen LogP contribution in [0.15, 0.2) is 16.7 Å². The van der Waals surface area contributed by atoms with Gasteiger partial charge in [-0.15, -0.1) is 0 Å². The lowest BCUT2D eigenvalue weighted by atomic mass is 10.2. The van der Waals surface area contributed by atoms with Gasteiger partial charge in [0, 0.05) is 6.54 Å². The summed E-state index contributed by atoms with van der Waals surface area (Å²) in [6, 6.07) is 1.45. The Morgan fingerprint density at radius 2 is 2.53 bits per heavy atom. The molecule has 82 valence electrons. The molecule has 2 rings (SSSR count). The maximum absolute atomic E-state index is 12.6. The fourth-order valence-electron chi connectivity index (χ4n) is 1.98. The Balaban J connectivity index is 2.13. The van der Waals surface area contributed by atoms with Gasteiger partial charge in [-0.3, -0.25) is 4.79 Å². The molecule has 1 saturated heterocycles. The van der Waals surface area contributed by atoms with Gasteiger partial charge in [-0.1, -0.05) is 0 Å². The number of aryl methyl sites for hydroxylation is 1. The van der Waals surface area contributed by atoms with Gasteiger partial charge in [-0.05, 0) is 25.8 Å². The van der Waals surface area contributed by atoms with Crippen LogP contribution in [0.1, 0.15) is 29.0 Å². The predicted molar refractivity (Wildman–Crippen MR) is 53.5 cm³/mol. The minimum atomic E-state index is -0.456. The first-order chi connectivity index (χ1) is 7.22. The van der Waals surface area contributed by atoms with Gasteiger partial charge in [-0.25, -0.2) is 4.39 Å². The molecule has 0 aromatic carbocycles. The molecule has 15 heavy (non-hydrogen) atoms. The summed E-state index contributed by atoms with van der Waals surface area (Å²) in [7, 11) is 0. The van der Waals surface area contributed by atoms with Gasteiger partial charge in [-0.2, -0.15) is 0 Å². The summed E-state index contributed by atoms with van der Waals surface area (Å²) < 4.78 is 17.7. The second-order valence-corrected chi connectivity index (χ2v) is 3.89. The number of alkyl halides is 1. The molecule has 1 atom stereocenters. The number of rotatable bonds is 2. The molecule has 0 spiro atoms. The topological polar surface area (TPSA) is 33.5 Å². The Morgan fingerprint density at radius 1 is 1.73 bits per heavy atom. The molecule has 0 bridgehead atoms. The van der Waals surface area contributed by atoms with Crippen LogP contribution in [0, 0.1) is 6.92 Å². The van der Waals surface area contributed by atoms with E-state index >= 15 is 0 Å². The second kappa shape index (κ2) is 4.04. The molecule has 1 aliphatic heterocycles. The Kier molecular flexibility index (Phi) is 2.75. The van der Waals surface area contributed by atoms with Gasteiger partial charge < -0.3 is 9.32 Å². The minimum Gasteiger partial charge on any atom is -0.469 e. The molecular formula is C11H14FNO2. The third kappa shape index (κ3) is 1.89. The van der Waals surface area contributed by atoms with Gasteiger partial charge in [0.1, 0.15) is 18.7 Å². The normalized spacial score (nSPS) is 20.9. The van der Waals surface area contributed by atoms with Crippen molar-refractivity contribution < 1.29 is 13.6 Å². The minimum absolute atomic E-state index is 0.119. The van der Waals surface area contributed by atoms with Gasteiger partial charge in [0.2, 0.25) is 0 Å². The number of likely N-dealkylation sites (tertiary alicyclic amines) is 1. The van der Waals surface area contributed by atoms with Gasteiger partial charge >= 0.3 is 0 Å². The fraction of sp³-hybridized carbons (Fsp3) is 0.545. The molecule has 0 saturated carbocycles. The van der Waals surface area contributed by atoms with Crippen molar-refractivity contribution in [3.8, 4) is 0 Å². The van der Waals surface area contributed by atoms with Gasteiger partial charge in [0.05, 0.1) is 11.6 Å². The van der Waals surface area contributed by atoms with Crippen molar-refractivity contribution in [2.24, 2.45) is 0 Å². The lowest BCUT2D eigenvalue weighted by Gasteiger charge is -2.21. The summed E-state index contributed by atoms with van der Waals surface area (Å²) in [5, 5.41) is 0. The third-order valence-electron chi connectivity index (χ3n) is 2.79. The molecule has 1 amide bonds. The Labute approximate surface area is 87.9 Å². The summed E-state index contributed by atoms with van der Waals surface area (Å²) in [4.78, 5) is 13.5. The second-order valence-electron chi connectivity index (χ2n) is 3.89. The molecule has 4 heteroatoms. The quantitative estimate of drug-likeness (QED) is 0.751. The van der Waals surface area contributed by atoms with Crippen LogP contribution < -0.4 is 0 Å². The van der Waals surface area contributed by atoms with Crippen LogP contribution in [0.3, 0.4) is 0 Å². The number of hydrogen-bond acceptors (Lipinski definition) is 2. The molecule has 0 aliphatic carbocycles. The summed E-state index contributed by atoms with van der Waals surface area (Å²) in [5.74, 6) is 0.585. The van der Waals surface area contributed by atoms with E-state index < -0.39 is 6.67 Å². The number of amides is 1. The zero-order chi connectivity index (χ0) is 10.8. The summed E-state index contributed by atoms with van der Waals surface area (Å²) in [6.07, 6.45) is 3.08. The van der Waals surface area contributed by atoms with E-state index in [2.05, 4.69) is 0 Å². The van der Waals surface area contributed by atoms with Crippen LogP contribution in [0.2, 0.25) is 0 Å². The molecule has 1 unspecified atom stereocenters. The maximum Gasteiger partial charge on any atom is 0.257 e. The van der Waals surface area contributed by atoms with Crippen LogP contribution >= 0.6 is 0 Å². The molecular weight excluding hydrogens is 197 g/mol. The number of halogens is 1. The molecule has 0 radical (unpaired) electrons. The molecule has 1 aromatic rings. The van der Waals surface area contributed by atoms with Crippen molar-refractivity contribution >= 4 is 5.91 Å². The number of carbonyl (C=O) groups is 1. The van der Waals surface area contributed by atoms with Gasteiger partial charge in [0.15, 0.2) is 0 Å². The third-order valence-corrected chi connectivity index (χ3v) is 2.79. The fourth-order valence-corrected chi connectivity index (χ4v) is 1.98. The first-order valence-electron chi connectivity index (χ1n) is 5.14. The molecule has 1 aromatic heterocycles. The van der Waals surface area contributed by atoms with E-state index in [4.69, 9.17) is 4.42 Å². The van der Waals surface area contributed by atoms with E-state index in [0.29, 0.717) is 17.9 Å². The monoisotopic (exact) mass is 211 g/mol. The Bertz CT molecular complexity index is 361. The average molecular weight is 211 g/mol. The zero-order valence-corrected chi connectivity index (χ0v) is 8.70. The SMILES string of the molecule is Cc1cc(C(=O)N2CCCC2CF)co1. The summed E-state index contributed by atoms with van der Waals surface area (Å²) in [5.41, 5.74) is 0.521. The van der Waals surface area contributed by atoms with E-state index in [-0.39, 0.29) is 11.9 Å². The van der Waals surface area contributed by atoms with E-state index in [1.54, 1.807) is 17.9 Å². The molecule has 1 aliphatic rings. The van der Waals surface area contributed by atoms with Crippen LogP contribution in [0.5, 0.6) is 0 Å². The largest absolute Gasteiger partial charge is 0.469 e. The van der Waals surface area contributed by atoms with Crippen molar-refractivity contribution in [2.75, 3.05) is 13.2 Å². The summed E-state index contributed by atoms with van der Waals surface area (Å²) >= 11 is 0. The average Bonchev–Trinajstić information content (AvgIpc) is 2.84. The highest BCUT2D eigenvalue weighted by Gasteiger charge is 2.29. The highest BCUT2D eigenvalue weighted by molar-refractivity contribution is 5.94. The number of furan rings is 1. The molecule has 0 N–H and O–H groups in total. The smallest absolute Gasteiger partial charge is 0.257 e. The van der Waals surface area contributed by atoms with E-state index in [1.165, 1.54) is 6.26 Å². The summed E-state index contributed by atoms with van der Waals surface area (Å²) in [6.45, 7) is 1.98. The first-order valence-corrected chi connectivity index (χ1v) is 5.14. The maximum atomic E-state index is 12.6. The standard InChI is InChI=1S/C11H14FNO2/c1-8-5-9(7-15-8)11(14)13-4-2-3-10(13)6-12/h5,7,10H,2-4,6H2,1H3. The van der Waals surface area contributed by atoms with Gasteiger partial charge in [0.25, 0.3) is 5.91 Å². The van der Waals surface area contributed by atoms with Crippen LogP contribution in [0.4, 0.5) is 4.39 Å². The van der Waals surface area contributed by atoms with Crippen LogP contribution in [-0.4, -0.2) is 30.1 Å². The molecule has 2 heterocycles. The zero-order valence-electron chi connectivity index (χ0n) is 8.70. The predicted octanol–water partition coefficient (Wildman–Crippen LogP) is 2.16. The van der Waals surface area contributed by atoms with Crippen molar-refractivity contribution in [1.29, 1.82) is 0 Å². The van der Waals surface area contributed by atoms with E-state index in [0.717, 1.165) is 12.8 Å². The van der Waals surface area contributed by atoms with Crippen LogP contribution in [0.25, 0.3) is 0 Å². The van der Waals surface area contributed by atoms with Crippen molar-refractivity contribution in [2.45, 2.75) is 25.8 Å². The van der Waals surface area contributed by atoms with Crippen molar-refractivity contribution in [3.63, 3.8) is 0 Å². The first kappa shape index (κ1) is 10.2. The van der Waals surface area contributed by atoms with Crippen molar-refractivity contribution in [1.82, 2.24) is 4.90 Å². The number of hydrogen-bond donors (Lipinski definition) is 0. The number of nitrogens with zero attached hydrogens (tertiary/aromatic N) is 1. The van der Waals surface area contributed by atoms with Crippen molar-refractivity contribution in [3.05, 3.63) is 23.7 Å². The lowest BCUT2D eigenvalue weighted by Crippen LogP contribution is -2.36. The Morgan fingerprint density at radius 3 is 3.13 bits per heavy atom. The lowest BCUT2D eigenvalue weighted by molar-refractivity contribution is 0.0715. The number of carbonyl (C=O) groups excluding carboxylic acids is 1. The highest BCUT2D eigenvalue weighted by Crippen LogP contribution is 2.21. The Hall–Kier alpha value is -1.32. The van der Waals surface area contributed by atoms with E-state index in [9.17, 15) is 9.18 Å². The highest BCUT2D eigenvalue weighted by atomic mass is 19.1. The van der Waals surface area contributed by atoms with Crippen LogP contribution in [-0.2, 0) is 0 Å².